The number of hydrogen-bond donors (Lipinski definition) is 0. The quantitative estimate of drug-likeness (QED) is 0.727. The summed E-state index contributed by atoms with van der Waals surface area (Å²) < 4.78 is 0. The number of rotatable bonds is 2. The van der Waals surface area contributed by atoms with Crippen molar-refractivity contribution in [2.75, 3.05) is 13.1 Å². The van der Waals surface area contributed by atoms with E-state index in [4.69, 9.17) is 0 Å². The van der Waals surface area contributed by atoms with Crippen molar-refractivity contribution >= 4 is 5.91 Å². The first-order chi connectivity index (χ1) is 12.0. The van der Waals surface area contributed by atoms with Crippen LogP contribution in [0.15, 0.2) is 30.3 Å². The van der Waals surface area contributed by atoms with E-state index < -0.39 is 0 Å². The predicted molar refractivity (Wildman–Crippen MR) is 102 cm³/mol. The molecule has 2 bridgehead atoms. The molecule has 4 rings (SSSR count). The summed E-state index contributed by atoms with van der Waals surface area (Å²) in [5.74, 6) is 1.93. The van der Waals surface area contributed by atoms with Crippen LogP contribution in [-0.4, -0.2) is 23.9 Å². The zero-order valence-electron chi connectivity index (χ0n) is 16.0. The Morgan fingerprint density at radius 1 is 1.04 bits per heavy atom. The van der Waals surface area contributed by atoms with E-state index in [-0.39, 0.29) is 10.8 Å². The molecule has 0 radical (unpaired) electrons. The fourth-order valence-corrected chi connectivity index (χ4v) is 6.57. The second-order valence-electron chi connectivity index (χ2n) is 9.56. The molecular weight excluding hydrogens is 306 g/mol. The Morgan fingerprint density at radius 2 is 1.76 bits per heavy atom. The minimum absolute atomic E-state index is 0.170. The maximum atomic E-state index is 13.5. The number of nitrogens with zero attached hydrogens (tertiary/aromatic N) is 1. The molecule has 0 spiro atoms. The third-order valence-electron chi connectivity index (χ3n) is 7.17. The van der Waals surface area contributed by atoms with Gasteiger partial charge in [-0.05, 0) is 74.2 Å². The van der Waals surface area contributed by atoms with Crippen molar-refractivity contribution < 1.29 is 4.79 Å². The Hall–Kier alpha value is -1.31. The highest BCUT2D eigenvalue weighted by molar-refractivity contribution is 5.83. The Balaban J connectivity index is 1.66. The molecule has 0 N–H and O–H groups in total. The minimum atomic E-state index is -0.170. The monoisotopic (exact) mass is 339 g/mol. The SMILES string of the molecule is CC1CC2CC(C)(C(=O)N3CCCCC3)CC(c3ccccc3)(C1)C2. The summed E-state index contributed by atoms with van der Waals surface area (Å²) >= 11 is 0. The highest BCUT2D eigenvalue weighted by Crippen LogP contribution is 2.58. The van der Waals surface area contributed by atoms with Crippen LogP contribution >= 0.6 is 0 Å². The van der Waals surface area contributed by atoms with Crippen LogP contribution in [0.3, 0.4) is 0 Å². The van der Waals surface area contributed by atoms with Crippen LogP contribution in [0, 0.1) is 17.3 Å². The average molecular weight is 340 g/mol. The first-order valence-electron chi connectivity index (χ1n) is 10.4. The van der Waals surface area contributed by atoms with Crippen molar-refractivity contribution in [2.45, 2.75) is 70.6 Å². The molecule has 1 aliphatic heterocycles. The number of benzene rings is 1. The van der Waals surface area contributed by atoms with Crippen molar-refractivity contribution in [2.24, 2.45) is 17.3 Å². The summed E-state index contributed by atoms with van der Waals surface area (Å²) in [4.78, 5) is 15.7. The van der Waals surface area contributed by atoms with Crippen molar-refractivity contribution in [3.63, 3.8) is 0 Å². The smallest absolute Gasteiger partial charge is 0.228 e. The van der Waals surface area contributed by atoms with Gasteiger partial charge in [0.25, 0.3) is 0 Å². The van der Waals surface area contributed by atoms with E-state index >= 15 is 0 Å². The Bertz CT molecular complexity index is 616. The molecule has 1 aromatic rings. The summed E-state index contributed by atoms with van der Waals surface area (Å²) in [5, 5.41) is 0. The molecule has 136 valence electrons. The molecule has 2 saturated carbocycles. The molecule has 4 unspecified atom stereocenters. The van der Waals surface area contributed by atoms with Gasteiger partial charge in [0.2, 0.25) is 5.91 Å². The van der Waals surface area contributed by atoms with Gasteiger partial charge in [-0.1, -0.05) is 44.2 Å². The number of likely N-dealkylation sites (tertiary alicyclic amines) is 1. The maximum absolute atomic E-state index is 13.5. The molecule has 4 atom stereocenters. The van der Waals surface area contributed by atoms with E-state index in [2.05, 4.69) is 49.1 Å². The first-order valence-corrected chi connectivity index (χ1v) is 10.4. The van der Waals surface area contributed by atoms with Gasteiger partial charge in [-0.2, -0.15) is 0 Å². The first kappa shape index (κ1) is 17.1. The standard InChI is InChI=1S/C23H33NO/c1-18-13-19-15-22(2,21(25)24-11-7-4-8-12-24)17-23(14-18,16-19)20-9-5-3-6-10-20/h3,5-6,9-10,18-19H,4,7-8,11-17H2,1-2H3. The lowest BCUT2D eigenvalue weighted by Gasteiger charge is -2.55. The topological polar surface area (TPSA) is 20.3 Å². The molecule has 0 aromatic heterocycles. The van der Waals surface area contributed by atoms with Gasteiger partial charge < -0.3 is 4.90 Å². The number of amides is 1. The average Bonchev–Trinajstić information content (AvgIpc) is 2.61. The summed E-state index contributed by atoms with van der Waals surface area (Å²) in [6, 6.07) is 11.1. The number of carbonyl (C=O) groups is 1. The lowest BCUT2D eigenvalue weighted by molar-refractivity contribution is -0.148. The van der Waals surface area contributed by atoms with E-state index in [0.29, 0.717) is 11.8 Å². The van der Waals surface area contributed by atoms with Gasteiger partial charge >= 0.3 is 0 Å². The van der Waals surface area contributed by atoms with Crippen LogP contribution in [0.5, 0.6) is 0 Å². The van der Waals surface area contributed by atoms with Gasteiger partial charge in [-0.25, -0.2) is 0 Å². The van der Waals surface area contributed by atoms with Gasteiger partial charge in [0.05, 0.1) is 0 Å². The molecule has 1 heterocycles. The van der Waals surface area contributed by atoms with E-state index in [1.165, 1.54) is 44.1 Å². The third kappa shape index (κ3) is 3.13. The van der Waals surface area contributed by atoms with Gasteiger partial charge in [0.15, 0.2) is 0 Å². The fourth-order valence-electron chi connectivity index (χ4n) is 6.57. The van der Waals surface area contributed by atoms with Crippen LogP contribution < -0.4 is 0 Å². The summed E-state index contributed by atoms with van der Waals surface area (Å²) in [7, 11) is 0. The Morgan fingerprint density at radius 3 is 2.48 bits per heavy atom. The van der Waals surface area contributed by atoms with E-state index in [0.717, 1.165) is 31.8 Å². The predicted octanol–water partition coefficient (Wildman–Crippen LogP) is 5.17. The van der Waals surface area contributed by atoms with E-state index in [9.17, 15) is 4.79 Å². The Labute approximate surface area is 153 Å². The van der Waals surface area contributed by atoms with Crippen LogP contribution in [0.2, 0.25) is 0 Å². The molecule has 3 aliphatic rings. The van der Waals surface area contributed by atoms with Crippen molar-refractivity contribution in [1.82, 2.24) is 4.90 Å². The highest BCUT2D eigenvalue weighted by atomic mass is 16.2. The largest absolute Gasteiger partial charge is 0.342 e. The highest BCUT2D eigenvalue weighted by Gasteiger charge is 2.53. The van der Waals surface area contributed by atoms with Crippen LogP contribution in [0.4, 0.5) is 0 Å². The molecule has 1 saturated heterocycles. The van der Waals surface area contributed by atoms with Crippen LogP contribution in [0.25, 0.3) is 0 Å². The molecule has 1 amide bonds. The maximum Gasteiger partial charge on any atom is 0.228 e. The summed E-state index contributed by atoms with van der Waals surface area (Å²) in [6.45, 7) is 6.66. The van der Waals surface area contributed by atoms with Crippen LogP contribution in [-0.2, 0) is 10.2 Å². The fraction of sp³-hybridized carbons (Fsp3) is 0.696. The molecule has 25 heavy (non-hydrogen) atoms. The third-order valence-corrected chi connectivity index (χ3v) is 7.17. The summed E-state index contributed by atoms with van der Waals surface area (Å²) in [5.41, 5.74) is 1.52. The lowest BCUT2D eigenvalue weighted by atomic mass is 9.50. The minimum Gasteiger partial charge on any atom is -0.342 e. The van der Waals surface area contributed by atoms with Gasteiger partial charge in [0.1, 0.15) is 0 Å². The Kier molecular flexibility index (Phi) is 4.42. The zero-order chi connectivity index (χ0) is 17.5. The van der Waals surface area contributed by atoms with Gasteiger partial charge in [-0.3, -0.25) is 4.79 Å². The molecule has 3 fully saturated rings. The zero-order valence-corrected chi connectivity index (χ0v) is 16.0. The summed E-state index contributed by atoms with van der Waals surface area (Å²) in [6.07, 6.45) is 9.63. The number of hydrogen-bond acceptors (Lipinski definition) is 1. The number of fused-ring (bicyclic) bond motifs is 2. The van der Waals surface area contributed by atoms with Gasteiger partial charge in [-0.15, -0.1) is 0 Å². The molecule has 1 aromatic carbocycles. The molecule has 2 nitrogen and oxygen atoms in total. The number of carbonyl (C=O) groups excluding carboxylic acids is 1. The second kappa shape index (κ2) is 6.45. The van der Waals surface area contributed by atoms with E-state index in [1.807, 2.05) is 0 Å². The molecular formula is C23H33NO. The second-order valence-corrected chi connectivity index (χ2v) is 9.56. The number of piperidine rings is 1. The normalized spacial score (nSPS) is 38.4. The van der Waals surface area contributed by atoms with Crippen LogP contribution in [0.1, 0.15) is 70.8 Å². The van der Waals surface area contributed by atoms with Crippen molar-refractivity contribution in [3.8, 4) is 0 Å². The van der Waals surface area contributed by atoms with Crippen molar-refractivity contribution in [1.29, 1.82) is 0 Å². The van der Waals surface area contributed by atoms with Crippen molar-refractivity contribution in [3.05, 3.63) is 35.9 Å². The van der Waals surface area contributed by atoms with Gasteiger partial charge in [0, 0.05) is 18.5 Å². The molecule has 2 heteroatoms. The lowest BCUT2D eigenvalue weighted by Crippen LogP contribution is -2.53. The van der Waals surface area contributed by atoms with E-state index in [1.54, 1.807) is 0 Å². The molecule has 2 aliphatic carbocycles.